The molecule has 2 atom stereocenters. The standard InChI is InChI=1S/C27H34N2O4S2/c1-5-7-21-29(35(32,33)25-18-14-23(4)15-19-25)27-11-9-8-10-26(27)28(20-6-2)34(30,31)24-16-12-22(3)13-17-24/h6,12-19,26-27H,2,8-11,20-21H2,1,3-4H3/t26-,27-/m1/s1. The third kappa shape index (κ3) is 6.04. The van der Waals surface area contributed by atoms with E-state index in [0.717, 1.165) is 24.0 Å². The Morgan fingerprint density at radius 1 is 0.829 bits per heavy atom. The average Bonchev–Trinajstić information content (AvgIpc) is 2.83. The molecule has 0 aliphatic heterocycles. The van der Waals surface area contributed by atoms with E-state index in [1.54, 1.807) is 61.5 Å². The van der Waals surface area contributed by atoms with Gasteiger partial charge < -0.3 is 0 Å². The molecule has 1 aliphatic carbocycles. The molecule has 2 aromatic carbocycles. The summed E-state index contributed by atoms with van der Waals surface area (Å²) >= 11 is 0. The summed E-state index contributed by atoms with van der Waals surface area (Å²) in [5.74, 6) is 5.71. The van der Waals surface area contributed by atoms with Gasteiger partial charge >= 0.3 is 0 Å². The highest BCUT2D eigenvalue weighted by atomic mass is 32.2. The molecular weight excluding hydrogens is 480 g/mol. The second kappa shape index (κ2) is 11.5. The third-order valence-electron chi connectivity index (χ3n) is 6.41. The van der Waals surface area contributed by atoms with Crippen molar-refractivity contribution in [3.63, 3.8) is 0 Å². The SMILES string of the molecule is C=CCN([C@@H]1CCCC[C@H]1N(CC#CC)S(=O)(=O)c1ccc(C)cc1)S(=O)(=O)c1ccc(C)cc1. The van der Waals surface area contributed by atoms with Crippen molar-refractivity contribution in [1.82, 2.24) is 8.61 Å². The van der Waals surface area contributed by atoms with Gasteiger partial charge in [-0.25, -0.2) is 16.8 Å². The second-order valence-corrected chi connectivity index (χ2v) is 12.7. The third-order valence-corrected chi connectivity index (χ3v) is 10.2. The van der Waals surface area contributed by atoms with Gasteiger partial charge in [0.05, 0.1) is 16.3 Å². The number of hydrogen-bond acceptors (Lipinski definition) is 4. The lowest BCUT2D eigenvalue weighted by Gasteiger charge is -2.43. The molecule has 0 saturated heterocycles. The van der Waals surface area contributed by atoms with E-state index < -0.39 is 32.1 Å². The van der Waals surface area contributed by atoms with Gasteiger partial charge in [0.25, 0.3) is 0 Å². The first-order valence-corrected chi connectivity index (χ1v) is 14.7. The Balaban J connectivity index is 2.09. The summed E-state index contributed by atoms with van der Waals surface area (Å²) < 4.78 is 57.9. The van der Waals surface area contributed by atoms with Gasteiger partial charge in [0.15, 0.2) is 0 Å². The molecule has 0 radical (unpaired) electrons. The summed E-state index contributed by atoms with van der Waals surface area (Å²) in [7, 11) is -7.78. The Morgan fingerprint density at radius 3 is 1.69 bits per heavy atom. The Hall–Kier alpha value is -2.44. The fourth-order valence-electron chi connectivity index (χ4n) is 4.53. The Morgan fingerprint density at radius 2 is 1.26 bits per heavy atom. The maximum atomic E-state index is 13.8. The van der Waals surface area contributed by atoms with Crippen LogP contribution in [-0.4, -0.2) is 50.6 Å². The van der Waals surface area contributed by atoms with Crippen molar-refractivity contribution in [2.75, 3.05) is 13.1 Å². The predicted octanol–water partition coefficient (Wildman–Crippen LogP) is 4.51. The van der Waals surface area contributed by atoms with E-state index in [9.17, 15) is 16.8 Å². The molecule has 0 aromatic heterocycles. The summed E-state index contributed by atoms with van der Waals surface area (Å²) in [6.07, 6.45) is 4.30. The zero-order chi connectivity index (χ0) is 25.6. The molecule has 0 spiro atoms. The molecule has 1 fully saturated rings. The molecular formula is C27H34N2O4S2. The van der Waals surface area contributed by atoms with Gasteiger partial charge in [-0.3, -0.25) is 0 Å². The van der Waals surface area contributed by atoms with Crippen molar-refractivity contribution >= 4 is 20.0 Å². The Labute approximate surface area is 210 Å². The number of benzene rings is 2. The van der Waals surface area contributed by atoms with Crippen LogP contribution in [0.5, 0.6) is 0 Å². The van der Waals surface area contributed by atoms with Gasteiger partial charge in [-0.2, -0.15) is 8.61 Å². The number of aryl methyl sites for hydroxylation is 2. The molecule has 6 nitrogen and oxygen atoms in total. The number of rotatable bonds is 9. The maximum absolute atomic E-state index is 13.8. The van der Waals surface area contributed by atoms with Crippen molar-refractivity contribution in [2.24, 2.45) is 0 Å². The first-order valence-electron chi connectivity index (χ1n) is 11.8. The minimum absolute atomic E-state index is 0.000382. The van der Waals surface area contributed by atoms with Crippen LogP contribution in [0.1, 0.15) is 43.7 Å². The highest BCUT2D eigenvalue weighted by molar-refractivity contribution is 7.89. The van der Waals surface area contributed by atoms with E-state index in [-0.39, 0.29) is 22.9 Å². The molecule has 0 bridgehead atoms. The molecule has 0 amide bonds. The van der Waals surface area contributed by atoms with Gasteiger partial charge in [-0.1, -0.05) is 60.2 Å². The van der Waals surface area contributed by atoms with E-state index in [2.05, 4.69) is 18.4 Å². The van der Waals surface area contributed by atoms with Crippen molar-refractivity contribution in [3.8, 4) is 11.8 Å². The first-order chi connectivity index (χ1) is 16.6. The smallest absolute Gasteiger partial charge is 0.207 e. The normalized spacial score (nSPS) is 18.8. The average molecular weight is 515 g/mol. The first kappa shape index (κ1) is 27.2. The van der Waals surface area contributed by atoms with Crippen LogP contribution >= 0.6 is 0 Å². The van der Waals surface area contributed by atoms with Crippen molar-refractivity contribution in [2.45, 2.75) is 68.3 Å². The van der Waals surface area contributed by atoms with Gasteiger partial charge in [0, 0.05) is 18.6 Å². The predicted molar refractivity (Wildman–Crippen MR) is 140 cm³/mol. The van der Waals surface area contributed by atoms with E-state index in [0.29, 0.717) is 12.8 Å². The zero-order valence-electron chi connectivity index (χ0n) is 20.6. The van der Waals surface area contributed by atoms with Crippen LogP contribution in [-0.2, 0) is 20.0 Å². The summed E-state index contributed by atoms with van der Waals surface area (Å²) in [6.45, 7) is 9.34. The van der Waals surface area contributed by atoms with Crippen molar-refractivity contribution in [3.05, 3.63) is 72.3 Å². The fraction of sp³-hybridized carbons (Fsp3) is 0.407. The number of nitrogens with zero attached hydrogens (tertiary/aromatic N) is 2. The molecule has 35 heavy (non-hydrogen) atoms. The van der Waals surface area contributed by atoms with Gasteiger partial charge in [0.2, 0.25) is 20.0 Å². The van der Waals surface area contributed by atoms with Crippen LogP contribution in [0.25, 0.3) is 0 Å². The number of hydrogen-bond donors (Lipinski definition) is 0. The van der Waals surface area contributed by atoms with Crippen LogP contribution < -0.4 is 0 Å². The minimum Gasteiger partial charge on any atom is -0.207 e. The quantitative estimate of drug-likeness (QED) is 0.365. The summed E-state index contributed by atoms with van der Waals surface area (Å²) in [6, 6.07) is 12.4. The Bertz CT molecular complexity index is 1290. The maximum Gasteiger partial charge on any atom is 0.244 e. The van der Waals surface area contributed by atoms with E-state index in [1.165, 1.54) is 8.61 Å². The molecule has 1 aliphatic rings. The highest BCUT2D eigenvalue weighted by Gasteiger charge is 2.43. The van der Waals surface area contributed by atoms with Gasteiger partial charge in [-0.15, -0.1) is 12.5 Å². The van der Waals surface area contributed by atoms with Crippen molar-refractivity contribution < 1.29 is 16.8 Å². The number of sulfonamides is 2. The molecule has 3 rings (SSSR count). The lowest BCUT2D eigenvalue weighted by Crippen LogP contribution is -2.56. The molecule has 2 aromatic rings. The van der Waals surface area contributed by atoms with Crippen molar-refractivity contribution in [1.29, 1.82) is 0 Å². The monoisotopic (exact) mass is 514 g/mol. The Kier molecular flexibility index (Phi) is 8.94. The second-order valence-electron chi connectivity index (χ2n) is 8.89. The van der Waals surface area contributed by atoms with Crippen LogP contribution in [0.15, 0.2) is 71.0 Å². The summed E-state index contributed by atoms with van der Waals surface area (Å²) in [5.41, 5.74) is 1.92. The van der Waals surface area contributed by atoms with E-state index in [1.807, 2.05) is 13.8 Å². The molecule has 8 heteroatoms. The van der Waals surface area contributed by atoms with Gasteiger partial charge in [-0.05, 0) is 57.9 Å². The lowest BCUT2D eigenvalue weighted by molar-refractivity contribution is 0.158. The zero-order valence-corrected chi connectivity index (χ0v) is 22.3. The molecule has 0 N–H and O–H groups in total. The van der Waals surface area contributed by atoms with Crippen LogP contribution in [0.3, 0.4) is 0 Å². The fourth-order valence-corrected chi connectivity index (χ4v) is 7.77. The molecule has 0 heterocycles. The van der Waals surface area contributed by atoms with E-state index >= 15 is 0 Å². The highest BCUT2D eigenvalue weighted by Crippen LogP contribution is 2.34. The molecule has 188 valence electrons. The summed E-state index contributed by atoms with van der Waals surface area (Å²) in [5, 5.41) is 0. The van der Waals surface area contributed by atoms with Gasteiger partial charge in [0.1, 0.15) is 0 Å². The largest absolute Gasteiger partial charge is 0.244 e. The molecule has 1 saturated carbocycles. The van der Waals surface area contributed by atoms with Crippen LogP contribution in [0.4, 0.5) is 0 Å². The topological polar surface area (TPSA) is 74.8 Å². The molecule has 0 unspecified atom stereocenters. The van der Waals surface area contributed by atoms with Crippen LogP contribution in [0.2, 0.25) is 0 Å². The summed E-state index contributed by atoms with van der Waals surface area (Å²) in [4.78, 5) is 0.373. The van der Waals surface area contributed by atoms with E-state index in [4.69, 9.17) is 0 Å². The lowest BCUT2D eigenvalue weighted by atomic mass is 9.90. The van der Waals surface area contributed by atoms with Crippen LogP contribution in [0, 0.1) is 25.7 Å². The minimum atomic E-state index is -3.90.